The van der Waals surface area contributed by atoms with Gasteiger partial charge in [-0.3, -0.25) is 4.79 Å². The molecule has 0 saturated carbocycles. The van der Waals surface area contributed by atoms with Crippen molar-refractivity contribution in [1.29, 1.82) is 0 Å². The molecule has 1 amide bonds. The highest BCUT2D eigenvalue weighted by Gasteiger charge is 2.24. The topological polar surface area (TPSA) is 41.4 Å². The van der Waals surface area contributed by atoms with Crippen LogP contribution in [0.15, 0.2) is 72.8 Å². The second-order valence-electron chi connectivity index (χ2n) is 9.93. The molecule has 5 nitrogen and oxygen atoms in total. The molecule has 0 N–H and O–H groups in total. The minimum Gasteiger partial charge on any atom is -0.332 e. The van der Waals surface area contributed by atoms with Crippen LogP contribution in [-0.4, -0.2) is 52.7 Å². The van der Waals surface area contributed by atoms with Crippen LogP contribution in [0.5, 0.6) is 0 Å². The number of carbonyl (C=O) groups is 1. The highest BCUT2D eigenvalue weighted by molar-refractivity contribution is 5.94. The van der Waals surface area contributed by atoms with Gasteiger partial charge in [0.25, 0.3) is 5.91 Å². The van der Waals surface area contributed by atoms with Crippen molar-refractivity contribution < 1.29 is 4.79 Å². The molecule has 0 atom stereocenters. The normalized spacial score (nSPS) is 11.2. The molecule has 5 heteroatoms. The first-order chi connectivity index (χ1) is 17.2. The van der Waals surface area contributed by atoms with Gasteiger partial charge in [-0.1, -0.05) is 54.6 Å². The molecule has 0 spiro atoms. The number of hydrogen-bond acceptors (Lipinski definition) is 3. The van der Waals surface area contributed by atoms with Gasteiger partial charge >= 0.3 is 0 Å². The number of likely N-dealkylation sites (N-methyl/N-ethyl adjacent to an activating group) is 1. The third-order valence-corrected chi connectivity index (χ3v) is 6.64. The summed E-state index contributed by atoms with van der Waals surface area (Å²) in [6.45, 7) is 10.3. The summed E-state index contributed by atoms with van der Waals surface area (Å²) in [6.07, 6.45) is 0. The Kier molecular flexibility index (Phi) is 7.70. The van der Waals surface area contributed by atoms with E-state index in [0.717, 1.165) is 40.2 Å². The van der Waals surface area contributed by atoms with Crippen LogP contribution < -0.4 is 0 Å². The predicted molar refractivity (Wildman–Crippen MR) is 148 cm³/mol. The van der Waals surface area contributed by atoms with Crippen molar-refractivity contribution >= 4 is 5.91 Å². The Labute approximate surface area is 215 Å². The number of amides is 1. The maximum Gasteiger partial charge on any atom is 0.272 e. The van der Waals surface area contributed by atoms with Crippen molar-refractivity contribution in [3.8, 4) is 16.9 Å². The molecule has 0 aliphatic rings. The smallest absolute Gasteiger partial charge is 0.272 e. The average molecular weight is 481 g/mol. The standard InChI is InChI=1S/C31H36N4O/c1-22-12-13-24(3)29(18-22)35-30(20-28(32-35)27-15-14-23(2)25(4)19-27)31(36)34(17-16-33(5)6)21-26-10-8-7-9-11-26/h7-15,18-20H,16-17,21H2,1-6H3. The lowest BCUT2D eigenvalue weighted by Crippen LogP contribution is -2.37. The highest BCUT2D eigenvalue weighted by Crippen LogP contribution is 2.27. The molecule has 1 aromatic heterocycles. The molecule has 0 unspecified atom stereocenters. The quantitative estimate of drug-likeness (QED) is 0.312. The fraction of sp³-hybridized carbons (Fsp3) is 0.290. The third-order valence-electron chi connectivity index (χ3n) is 6.64. The number of benzene rings is 3. The molecule has 0 bridgehead atoms. The first-order valence-corrected chi connectivity index (χ1v) is 12.5. The first-order valence-electron chi connectivity index (χ1n) is 12.5. The van der Waals surface area contributed by atoms with Crippen LogP contribution in [0.25, 0.3) is 16.9 Å². The van der Waals surface area contributed by atoms with E-state index in [0.29, 0.717) is 18.8 Å². The summed E-state index contributed by atoms with van der Waals surface area (Å²) < 4.78 is 1.84. The molecule has 0 radical (unpaired) electrons. The van der Waals surface area contributed by atoms with Gasteiger partial charge in [0.1, 0.15) is 5.69 Å². The summed E-state index contributed by atoms with van der Waals surface area (Å²) in [5, 5.41) is 4.99. The molecule has 4 aromatic rings. The van der Waals surface area contributed by atoms with E-state index in [2.05, 4.69) is 81.1 Å². The van der Waals surface area contributed by atoms with Gasteiger partial charge in [0.2, 0.25) is 0 Å². The molecular weight excluding hydrogens is 444 g/mol. The summed E-state index contributed by atoms with van der Waals surface area (Å²) in [6, 6.07) is 24.7. The summed E-state index contributed by atoms with van der Waals surface area (Å²) in [5.74, 6) is -0.0239. The van der Waals surface area contributed by atoms with E-state index in [1.807, 2.05) is 47.9 Å². The van der Waals surface area contributed by atoms with Gasteiger partial charge in [-0.25, -0.2) is 4.68 Å². The molecule has 1 heterocycles. The van der Waals surface area contributed by atoms with Crippen LogP contribution in [0.3, 0.4) is 0 Å². The maximum atomic E-state index is 14.2. The Morgan fingerprint density at radius 1 is 0.806 bits per heavy atom. The summed E-state index contributed by atoms with van der Waals surface area (Å²) >= 11 is 0. The minimum atomic E-state index is -0.0239. The zero-order valence-corrected chi connectivity index (χ0v) is 22.2. The Morgan fingerprint density at radius 2 is 1.53 bits per heavy atom. The average Bonchev–Trinajstić information content (AvgIpc) is 3.30. The zero-order chi connectivity index (χ0) is 25.8. The Morgan fingerprint density at radius 3 is 2.22 bits per heavy atom. The van der Waals surface area contributed by atoms with E-state index in [1.165, 1.54) is 11.1 Å². The summed E-state index contributed by atoms with van der Waals surface area (Å²) in [5.41, 5.74) is 9.08. The second kappa shape index (κ2) is 10.9. The molecule has 3 aromatic carbocycles. The number of aryl methyl sites for hydroxylation is 4. The largest absolute Gasteiger partial charge is 0.332 e. The van der Waals surface area contributed by atoms with E-state index in [4.69, 9.17) is 5.10 Å². The molecule has 36 heavy (non-hydrogen) atoms. The van der Waals surface area contributed by atoms with Gasteiger partial charge in [0.15, 0.2) is 0 Å². The van der Waals surface area contributed by atoms with Gasteiger partial charge in [0, 0.05) is 25.2 Å². The van der Waals surface area contributed by atoms with E-state index in [-0.39, 0.29) is 5.91 Å². The van der Waals surface area contributed by atoms with Crippen molar-refractivity contribution in [2.75, 3.05) is 27.2 Å². The number of carbonyl (C=O) groups excluding carboxylic acids is 1. The van der Waals surface area contributed by atoms with Gasteiger partial charge in [-0.05, 0) is 87.8 Å². The minimum absolute atomic E-state index is 0.0239. The molecule has 0 aliphatic heterocycles. The Balaban J connectivity index is 1.82. The summed E-state index contributed by atoms with van der Waals surface area (Å²) in [7, 11) is 4.06. The number of nitrogens with zero attached hydrogens (tertiary/aromatic N) is 4. The number of aromatic nitrogens is 2. The molecule has 0 fully saturated rings. The number of rotatable bonds is 8. The van der Waals surface area contributed by atoms with Gasteiger partial charge in [0.05, 0.1) is 11.4 Å². The van der Waals surface area contributed by atoms with Crippen LogP contribution >= 0.6 is 0 Å². The van der Waals surface area contributed by atoms with E-state index in [9.17, 15) is 4.79 Å². The highest BCUT2D eigenvalue weighted by atomic mass is 16.2. The first kappa shape index (κ1) is 25.4. The van der Waals surface area contributed by atoms with Crippen LogP contribution in [0.2, 0.25) is 0 Å². The maximum absolute atomic E-state index is 14.2. The van der Waals surface area contributed by atoms with Crippen molar-refractivity contribution in [3.63, 3.8) is 0 Å². The SMILES string of the molecule is Cc1ccc(C)c(-n2nc(-c3ccc(C)c(C)c3)cc2C(=O)N(CCN(C)C)Cc2ccccc2)c1. The zero-order valence-electron chi connectivity index (χ0n) is 22.2. The van der Waals surface area contributed by atoms with Crippen LogP contribution in [-0.2, 0) is 6.54 Å². The summed E-state index contributed by atoms with van der Waals surface area (Å²) in [4.78, 5) is 18.2. The fourth-order valence-corrected chi connectivity index (χ4v) is 4.25. The second-order valence-corrected chi connectivity index (χ2v) is 9.93. The van der Waals surface area contributed by atoms with Crippen LogP contribution in [0.1, 0.15) is 38.3 Å². The fourth-order valence-electron chi connectivity index (χ4n) is 4.25. The Hall–Kier alpha value is -3.70. The molecule has 0 aliphatic carbocycles. The predicted octanol–water partition coefficient (Wildman–Crippen LogP) is 5.98. The Bertz CT molecular complexity index is 1350. The van der Waals surface area contributed by atoms with E-state index >= 15 is 0 Å². The lowest BCUT2D eigenvalue weighted by molar-refractivity contribution is 0.0722. The van der Waals surface area contributed by atoms with E-state index < -0.39 is 0 Å². The van der Waals surface area contributed by atoms with E-state index in [1.54, 1.807) is 0 Å². The third kappa shape index (κ3) is 5.74. The van der Waals surface area contributed by atoms with Crippen LogP contribution in [0.4, 0.5) is 0 Å². The molecule has 0 saturated heterocycles. The molecule has 4 rings (SSSR count). The van der Waals surface area contributed by atoms with Gasteiger partial charge in [-0.15, -0.1) is 0 Å². The van der Waals surface area contributed by atoms with Crippen molar-refractivity contribution in [3.05, 3.63) is 106 Å². The van der Waals surface area contributed by atoms with Gasteiger partial charge in [-0.2, -0.15) is 5.10 Å². The van der Waals surface area contributed by atoms with Crippen molar-refractivity contribution in [2.24, 2.45) is 0 Å². The lowest BCUT2D eigenvalue weighted by atomic mass is 10.0. The van der Waals surface area contributed by atoms with Crippen molar-refractivity contribution in [2.45, 2.75) is 34.2 Å². The molecule has 186 valence electrons. The molecular formula is C31H36N4O. The van der Waals surface area contributed by atoms with Gasteiger partial charge < -0.3 is 9.80 Å². The lowest BCUT2D eigenvalue weighted by Gasteiger charge is -2.25. The monoisotopic (exact) mass is 480 g/mol. The van der Waals surface area contributed by atoms with Crippen molar-refractivity contribution in [1.82, 2.24) is 19.6 Å². The van der Waals surface area contributed by atoms with Crippen LogP contribution in [0, 0.1) is 27.7 Å². The number of hydrogen-bond donors (Lipinski definition) is 0.